The van der Waals surface area contributed by atoms with Crippen molar-refractivity contribution in [3.63, 3.8) is 0 Å². The molecule has 0 bridgehead atoms. The molecule has 1 aliphatic rings. The summed E-state index contributed by atoms with van der Waals surface area (Å²) in [5.41, 5.74) is 2.23. The van der Waals surface area contributed by atoms with Crippen molar-refractivity contribution < 1.29 is 0 Å². The second kappa shape index (κ2) is 6.35. The molecule has 2 aromatic rings. The number of benzene rings is 1. The van der Waals surface area contributed by atoms with E-state index in [4.69, 9.17) is 12.2 Å². The Labute approximate surface area is 129 Å². The quantitative estimate of drug-likeness (QED) is 0.677. The van der Waals surface area contributed by atoms with E-state index >= 15 is 0 Å². The van der Waals surface area contributed by atoms with Gasteiger partial charge in [-0.2, -0.15) is 14.9 Å². The highest BCUT2D eigenvalue weighted by Gasteiger charge is 2.13. The topological polar surface area (TPSA) is 46.0 Å². The van der Waals surface area contributed by atoms with Gasteiger partial charge in [-0.3, -0.25) is 0 Å². The summed E-state index contributed by atoms with van der Waals surface area (Å²) in [5.74, 6) is 1.35. The summed E-state index contributed by atoms with van der Waals surface area (Å²) < 4.78 is 2.28. The number of aryl methyl sites for hydroxylation is 1. The van der Waals surface area contributed by atoms with E-state index in [1.807, 2.05) is 24.4 Å². The van der Waals surface area contributed by atoms with Crippen molar-refractivity contribution in [2.75, 3.05) is 0 Å². The molecule has 1 aliphatic carbocycles. The standard InChI is InChI=1S/C16H20N4S/c1-12-7-5-6-10-14(12)15-18-19-16(21)20(15)17-11-13-8-3-2-4-9-13/h5-7,10-11,13H,2-4,8-9H2,1H3,(H,19,21)/b17-11+. The highest BCUT2D eigenvalue weighted by Crippen LogP contribution is 2.23. The first-order chi connectivity index (χ1) is 10.3. The van der Waals surface area contributed by atoms with Crippen LogP contribution in [-0.4, -0.2) is 21.1 Å². The van der Waals surface area contributed by atoms with Gasteiger partial charge in [0.05, 0.1) is 0 Å². The minimum absolute atomic E-state index is 0.542. The van der Waals surface area contributed by atoms with E-state index in [-0.39, 0.29) is 0 Å². The van der Waals surface area contributed by atoms with Crippen molar-refractivity contribution in [2.24, 2.45) is 11.0 Å². The normalized spacial score (nSPS) is 16.6. The highest BCUT2D eigenvalue weighted by atomic mass is 32.1. The van der Waals surface area contributed by atoms with Gasteiger partial charge in [0.15, 0.2) is 5.82 Å². The summed E-state index contributed by atoms with van der Waals surface area (Å²) in [6, 6.07) is 8.15. The van der Waals surface area contributed by atoms with Crippen LogP contribution >= 0.6 is 12.2 Å². The minimum Gasteiger partial charge on any atom is -0.250 e. The molecule has 0 aliphatic heterocycles. The first kappa shape index (κ1) is 14.2. The summed E-state index contributed by atoms with van der Waals surface area (Å²) in [7, 11) is 0. The third-order valence-electron chi connectivity index (χ3n) is 4.08. The van der Waals surface area contributed by atoms with E-state index in [9.17, 15) is 0 Å². The van der Waals surface area contributed by atoms with Gasteiger partial charge in [0, 0.05) is 11.8 Å². The van der Waals surface area contributed by atoms with Crippen LogP contribution < -0.4 is 0 Å². The maximum absolute atomic E-state index is 5.31. The van der Waals surface area contributed by atoms with Crippen LogP contribution in [0.3, 0.4) is 0 Å². The zero-order valence-corrected chi connectivity index (χ0v) is 13.1. The average Bonchev–Trinajstić information content (AvgIpc) is 2.88. The van der Waals surface area contributed by atoms with Gasteiger partial charge in [0.2, 0.25) is 4.77 Å². The van der Waals surface area contributed by atoms with Crippen LogP contribution in [0.15, 0.2) is 29.4 Å². The number of aromatic nitrogens is 3. The number of aromatic amines is 1. The fraction of sp³-hybridized carbons (Fsp3) is 0.438. The van der Waals surface area contributed by atoms with E-state index in [0.29, 0.717) is 10.7 Å². The molecule has 1 fully saturated rings. The molecule has 1 heterocycles. The van der Waals surface area contributed by atoms with E-state index in [0.717, 1.165) is 11.4 Å². The molecule has 3 rings (SSSR count). The van der Waals surface area contributed by atoms with Crippen LogP contribution in [0.1, 0.15) is 37.7 Å². The summed E-state index contributed by atoms with van der Waals surface area (Å²) in [6.45, 7) is 2.07. The van der Waals surface area contributed by atoms with Gasteiger partial charge in [0.1, 0.15) is 0 Å². The lowest BCUT2D eigenvalue weighted by atomic mass is 9.90. The van der Waals surface area contributed by atoms with Crippen molar-refractivity contribution >= 4 is 18.4 Å². The summed E-state index contributed by atoms with van der Waals surface area (Å²) in [4.78, 5) is 0. The van der Waals surface area contributed by atoms with Gasteiger partial charge in [-0.05, 0) is 43.5 Å². The Balaban J connectivity index is 1.92. The Morgan fingerprint density at radius 1 is 1.29 bits per heavy atom. The molecule has 0 amide bonds. The first-order valence-electron chi connectivity index (χ1n) is 7.53. The van der Waals surface area contributed by atoms with Gasteiger partial charge >= 0.3 is 0 Å². The maximum atomic E-state index is 5.31. The van der Waals surface area contributed by atoms with Crippen LogP contribution in [0.25, 0.3) is 11.4 Å². The molecule has 21 heavy (non-hydrogen) atoms. The second-order valence-corrected chi connectivity index (χ2v) is 6.03. The molecule has 0 radical (unpaired) electrons. The molecule has 1 aromatic carbocycles. The molecule has 0 unspecified atom stereocenters. The molecule has 0 saturated heterocycles. The molecule has 4 nitrogen and oxygen atoms in total. The third-order valence-corrected chi connectivity index (χ3v) is 4.34. The maximum Gasteiger partial charge on any atom is 0.216 e. The highest BCUT2D eigenvalue weighted by molar-refractivity contribution is 7.71. The van der Waals surface area contributed by atoms with Gasteiger partial charge in [-0.15, -0.1) is 0 Å². The van der Waals surface area contributed by atoms with Crippen molar-refractivity contribution in [3.8, 4) is 11.4 Å². The van der Waals surface area contributed by atoms with Gasteiger partial charge in [-0.1, -0.05) is 43.5 Å². The molecular weight excluding hydrogens is 280 g/mol. The molecule has 0 atom stereocenters. The third kappa shape index (κ3) is 3.13. The van der Waals surface area contributed by atoms with Crippen molar-refractivity contribution in [3.05, 3.63) is 34.6 Å². The lowest BCUT2D eigenvalue weighted by molar-refractivity contribution is 0.443. The van der Waals surface area contributed by atoms with Gasteiger partial charge in [0.25, 0.3) is 0 Å². The fourth-order valence-electron chi connectivity index (χ4n) is 2.84. The Morgan fingerprint density at radius 2 is 2.05 bits per heavy atom. The van der Waals surface area contributed by atoms with Crippen LogP contribution in [0.2, 0.25) is 0 Å². The van der Waals surface area contributed by atoms with E-state index < -0.39 is 0 Å². The molecule has 110 valence electrons. The Hall–Kier alpha value is -1.75. The van der Waals surface area contributed by atoms with Crippen LogP contribution in [-0.2, 0) is 0 Å². The van der Waals surface area contributed by atoms with Crippen molar-refractivity contribution in [2.45, 2.75) is 39.0 Å². The van der Waals surface area contributed by atoms with Crippen molar-refractivity contribution in [1.82, 2.24) is 14.9 Å². The Kier molecular flexibility index (Phi) is 4.29. The number of rotatable bonds is 3. The SMILES string of the molecule is Cc1ccccc1-c1n[nH]c(=S)n1/N=C/C1CCCCC1. The van der Waals surface area contributed by atoms with Crippen LogP contribution in [0.5, 0.6) is 0 Å². The van der Waals surface area contributed by atoms with Crippen LogP contribution in [0.4, 0.5) is 0 Å². The minimum atomic E-state index is 0.542. The molecule has 5 heteroatoms. The zero-order valence-electron chi connectivity index (χ0n) is 12.2. The lowest BCUT2D eigenvalue weighted by Crippen LogP contribution is -2.08. The molecule has 1 N–H and O–H groups in total. The lowest BCUT2D eigenvalue weighted by Gasteiger charge is -2.16. The molecule has 1 aromatic heterocycles. The number of H-pyrrole nitrogens is 1. The summed E-state index contributed by atoms with van der Waals surface area (Å²) in [6.07, 6.45) is 8.47. The number of nitrogens with zero attached hydrogens (tertiary/aromatic N) is 3. The monoisotopic (exact) mass is 300 g/mol. The van der Waals surface area contributed by atoms with Crippen molar-refractivity contribution in [1.29, 1.82) is 0 Å². The molecular formula is C16H20N4S. The number of nitrogens with one attached hydrogen (secondary N) is 1. The van der Waals surface area contributed by atoms with Gasteiger partial charge < -0.3 is 0 Å². The molecule has 1 saturated carbocycles. The Morgan fingerprint density at radius 3 is 2.81 bits per heavy atom. The largest absolute Gasteiger partial charge is 0.250 e. The van der Waals surface area contributed by atoms with E-state index in [1.54, 1.807) is 4.68 Å². The molecule has 0 spiro atoms. The fourth-order valence-corrected chi connectivity index (χ4v) is 3.02. The van der Waals surface area contributed by atoms with Gasteiger partial charge in [-0.25, -0.2) is 5.10 Å². The van der Waals surface area contributed by atoms with Crippen LogP contribution in [0, 0.1) is 17.6 Å². The predicted octanol–water partition coefficient (Wildman–Crippen LogP) is 4.33. The first-order valence-corrected chi connectivity index (χ1v) is 7.94. The second-order valence-electron chi connectivity index (χ2n) is 5.64. The summed E-state index contributed by atoms with van der Waals surface area (Å²) in [5, 5.41) is 11.8. The predicted molar refractivity (Wildman–Crippen MR) is 88.0 cm³/mol. The number of hydrogen-bond donors (Lipinski definition) is 1. The summed E-state index contributed by atoms with van der Waals surface area (Å²) >= 11 is 5.31. The average molecular weight is 300 g/mol. The number of hydrogen-bond acceptors (Lipinski definition) is 3. The van der Waals surface area contributed by atoms with E-state index in [1.165, 1.54) is 37.7 Å². The Bertz CT molecular complexity index is 692. The van der Waals surface area contributed by atoms with E-state index in [2.05, 4.69) is 28.3 Å². The zero-order chi connectivity index (χ0) is 14.7. The smallest absolute Gasteiger partial charge is 0.216 e.